The van der Waals surface area contributed by atoms with Crippen molar-refractivity contribution in [2.24, 2.45) is 5.92 Å². The van der Waals surface area contributed by atoms with Crippen molar-refractivity contribution in [2.75, 3.05) is 6.54 Å². The van der Waals surface area contributed by atoms with Crippen molar-refractivity contribution in [3.63, 3.8) is 0 Å². The number of nitrogens with zero attached hydrogens (tertiary/aromatic N) is 2. The second-order valence-electron chi connectivity index (χ2n) is 5.65. The molecular formula is C14H18N2O3S. The minimum Gasteiger partial charge on any atom is -0.335 e. The molecule has 0 radical (unpaired) electrons. The summed E-state index contributed by atoms with van der Waals surface area (Å²) in [5, 5.41) is 10.8. The highest BCUT2D eigenvalue weighted by Gasteiger charge is 2.36. The Bertz CT molecular complexity index is 526. The molecule has 1 aliphatic heterocycles. The number of carbonyl (C=O) groups excluding carboxylic acids is 1. The Balaban J connectivity index is 1.79. The standard InChI is InChI=1S/C14H18N2O3S/c17-14(12-7-8-13(20-12)16(18)19)15-9-3-5-10-4-1-2-6-11(10)15/h7-8,10-11H,1-6,9H2. The second kappa shape index (κ2) is 5.52. The first-order valence-electron chi connectivity index (χ1n) is 7.22. The fraction of sp³-hybridized carbons (Fsp3) is 0.643. The van der Waals surface area contributed by atoms with Crippen molar-refractivity contribution in [1.29, 1.82) is 0 Å². The van der Waals surface area contributed by atoms with Gasteiger partial charge >= 0.3 is 5.00 Å². The van der Waals surface area contributed by atoms with Crippen LogP contribution in [0.2, 0.25) is 0 Å². The molecule has 0 N–H and O–H groups in total. The molecule has 108 valence electrons. The van der Waals surface area contributed by atoms with E-state index < -0.39 is 4.92 Å². The highest BCUT2D eigenvalue weighted by molar-refractivity contribution is 7.17. The first-order chi connectivity index (χ1) is 9.66. The maximum atomic E-state index is 12.6. The lowest BCUT2D eigenvalue weighted by molar-refractivity contribution is -0.380. The zero-order valence-electron chi connectivity index (χ0n) is 11.3. The molecule has 2 fully saturated rings. The molecule has 0 spiro atoms. The third-order valence-electron chi connectivity index (χ3n) is 4.49. The molecule has 0 bridgehead atoms. The van der Waals surface area contributed by atoms with Gasteiger partial charge in [-0.1, -0.05) is 24.2 Å². The summed E-state index contributed by atoms with van der Waals surface area (Å²) in [6, 6.07) is 3.38. The molecule has 5 nitrogen and oxygen atoms in total. The van der Waals surface area contributed by atoms with Crippen LogP contribution in [0.5, 0.6) is 0 Å². The molecule has 6 heteroatoms. The molecule has 2 unspecified atom stereocenters. The molecule has 1 amide bonds. The van der Waals surface area contributed by atoms with Gasteiger partial charge in [0.2, 0.25) is 0 Å². The third-order valence-corrected chi connectivity index (χ3v) is 5.51. The molecule has 3 rings (SSSR count). The third kappa shape index (κ3) is 2.44. The summed E-state index contributed by atoms with van der Waals surface area (Å²) in [6.07, 6.45) is 7.05. The van der Waals surface area contributed by atoms with E-state index in [0.29, 0.717) is 16.8 Å². The van der Waals surface area contributed by atoms with Crippen molar-refractivity contribution in [2.45, 2.75) is 44.6 Å². The van der Waals surface area contributed by atoms with Crippen molar-refractivity contribution in [3.05, 3.63) is 27.1 Å². The van der Waals surface area contributed by atoms with Crippen LogP contribution < -0.4 is 0 Å². The van der Waals surface area contributed by atoms with E-state index in [1.54, 1.807) is 6.07 Å². The maximum Gasteiger partial charge on any atom is 0.324 e. The van der Waals surface area contributed by atoms with Gasteiger partial charge < -0.3 is 4.90 Å². The first-order valence-corrected chi connectivity index (χ1v) is 8.03. The lowest BCUT2D eigenvalue weighted by atomic mass is 9.78. The molecule has 2 atom stereocenters. The molecular weight excluding hydrogens is 276 g/mol. The zero-order valence-corrected chi connectivity index (χ0v) is 12.1. The van der Waals surface area contributed by atoms with Gasteiger partial charge in [-0.3, -0.25) is 14.9 Å². The minimum atomic E-state index is -0.430. The highest BCUT2D eigenvalue weighted by Crippen LogP contribution is 2.36. The first kappa shape index (κ1) is 13.5. The van der Waals surface area contributed by atoms with E-state index in [4.69, 9.17) is 0 Å². The van der Waals surface area contributed by atoms with Crippen LogP contribution in [0.15, 0.2) is 12.1 Å². The van der Waals surface area contributed by atoms with Gasteiger partial charge in [-0.25, -0.2) is 0 Å². The monoisotopic (exact) mass is 294 g/mol. The smallest absolute Gasteiger partial charge is 0.324 e. The zero-order chi connectivity index (χ0) is 14.1. The van der Waals surface area contributed by atoms with Crippen LogP contribution in [0, 0.1) is 16.0 Å². The Morgan fingerprint density at radius 1 is 1.25 bits per heavy atom. The Morgan fingerprint density at radius 2 is 2.00 bits per heavy atom. The topological polar surface area (TPSA) is 63.4 Å². The molecule has 1 saturated carbocycles. The average molecular weight is 294 g/mol. The Hall–Kier alpha value is -1.43. The minimum absolute atomic E-state index is 0.0142. The quantitative estimate of drug-likeness (QED) is 0.620. The Labute approximate surface area is 121 Å². The molecule has 2 heterocycles. The van der Waals surface area contributed by atoms with E-state index in [2.05, 4.69) is 0 Å². The number of fused-ring (bicyclic) bond motifs is 1. The second-order valence-corrected chi connectivity index (χ2v) is 6.71. The van der Waals surface area contributed by atoms with Gasteiger partial charge in [0.05, 0.1) is 9.80 Å². The fourth-order valence-electron chi connectivity index (χ4n) is 3.56. The van der Waals surface area contributed by atoms with E-state index in [0.717, 1.165) is 30.7 Å². The molecule has 1 aromatic rings. The van der Waals surface area contributed by atoms with Crippen molar-refractivity contribution < 1.29 is 9.72 Å². The number of amides is 1. The van der Waals surface area contributed by atoms with Crippen LogP contribution in [-0.4, -0.2) is 28.3 Å². The number of nitro groups is 1. The summed E-state index contributed by atoms with van der Waals surface area (Å²) < 4.78 is 0. The summed E-state index contributed by atoms with van der Waals surface area (Å²) in [6.45, 7) is 0.797. The van der Waals surface area contributed by atoms with Crippen LogP contribution in [0.1, 0.15) is 48.2 Å². The van der Waals surface area contributed by atoms with Crippen molar-refractivity contribution >= 4 is 22.2 Å². The van der Waals surface area contributed by atoms with Crippen LogP contribution >= 0.6 is 11.3 Å². The summed E-state index contributed by atoms with van der Waals surface area (Å²) >= 11 is 0.992. The van der Waals surface area contributed by atoms with Crippen molar-refractivity contribution in [3.8, 4) is 0 Å². The predicted molar refractivity (Wildman–Crippen MR) is 77.0 cm³/mol. The van der Waals surface area contributed by atoms with Gasteiger partial charge in [0.25, 0.3) is 5.91 Å². The van der Waals surface area contributed by atoms with Crippen LogP contribution in [0.25, 0.3) is 0 Å². The number of thiophene rings is 1. The van der Waals surface area contributed by atoms with Crippen molar-refractivity contribution in [1.82, 2.24) is 4.90 Å². The Morgan fingerprint density at radius 3 is 2.75 bits per heavy atom. The van der Waals surface area contributed by atoms with Crippen LogP contribution in [0.4, 0.5) is 5.00 Å². The summed E-state index contributed by atoms with van der Waals surface area (Å²) in [5.74, 6) is 0.621. The number of carbonyl (C=O) groups is 1. The SMILES string of the molecule is O=C(c1ccc([N+](=O)[O-])s1)N1CCCC2CCCCC21. The highest BCUT2D eigenvalue weighted by atomic mass is 32.1. The normalized spacial score (nSPS) is 26.1. The number of piperidine rings is 1. The largest absolute Gasteiger partial charge is 0.335 e. The molecule has 20 heavy (non-hydrogen) atoms. The lowest BCUT2D eigenvalue weighted by Gasteiger charge is -2.44. The molecule has 0 aromatic carbocycles. The summed E-state index contributed by atoms with van der Waals surface area (Å²) in [4.78, 5) is 25.4. The van der Waals surface area contributed by atoms with E-state index in [1.807, 2.05) is 4.90 Å². The van der Waals surface area contributed by atoms with Gasteiger partial charge in [-0.2, -0.15) is 0 Å². The van der Waals surface area contributed by atoms with E-state index in [-0.39, 0.29) is 10.9 Å². The molecule has 1 saturated heterocycles. The molecule has 1 aromatic heterocycles. The molecule has 2 aliphatic rings. The number of rotatable bonds is 2. The molecule has 1 aliphatic carbocycles. The summed E-state index contributed by atoms with van der Waals surface area (Å²) in [5.41, 5.74) is 0. The van der Waals surface area contributed by atoms with E-state index in [9.17, 15) is 14.9 Å². The fourth-order valence-corrected chi connectivity index (χ4v) is 4.34. The van der Waals surface area contributed by atoms with Gasteiger partial charge in [0, 0.05) is 18.7 Å². The number of likely N-dealkylation sites (tertiary alicyclic amines) is 1. The van der Waals surface area contributed by atoms with E-state index >= 15 is 0 Å². The Kier molecular flexibility index (Phi) is 3.74. The van der Waals surface area contributed by atoms with Gasteiger partial charge in [-0.15, -0.1) is 0 Å². The maximum absolute atomic E-state index is 12.6. The van der Waals surface area contributed by atoms with Crippen LogP contribution in [-0.2, 0) is 0 Å². The van der Waals surface area contributed by atoms with Crippen LogP contribution in [0.3, 0.4) is 0 Å². The average Bonchev–Trinajstić information content (AvgIpc) is 2.96. The van der Waals surface area contributed by atoms with Gasteiger partial charge in [0.1, 0.15) is 0 Å². The van der Waals surface area contributed by atoms with E-state index in [1.165, 1.54) is 31.7 Å². The number of hydrogen-bond donors (Lipinski definition) is 0. The lowest BCUT2D eigenvalue weighted by Crippen LogP contribution is -2.49. The summed E-state index contributed by atoms with van der Waals surface area (Å²) in [7, 11) is 0. The number of hydrogen-bond acceptors (Lipinski definition) is 4. The predicted octanol–water partition coefficient (Wildman–Crippen LogP) is 3.45. The van der Waals surface area contributed by atoms with Gasteiger partial charge in [-0.05, 0) is 37.7 Å². The van der Waals surface area contributed by atoms with Gasteiger partial charge in [0.15, 0.2) is 0 Å².